The topological polar surface area (TPSA) is 54.2 Å². The average molecular weight is 224 g/mol. The van der Waals surface area contributed by atoms with E-state index in [1.165, 1.54) is 12.8 Å². The Hall–Kier alpha value is -0.940. The van der Waals surface area contributed by atoms with Crippen molar-refractivity contribution in [2.45, 2.75) is 38.8 Å². The van der Waals surface area contributed by atoms with E-state index in [9.17, 15) is 0 Å². The average Bonchev–Trinajstić information content (AvgIpc) is 2.78. The van der Waals surface area contributed by atoms with Gasteiger partial charge in [0.25, 0.3) is 0 Å². The van der Waals surface area contributed by atoms with Gasteiger partial charge in [-0.15, -0.1) is 0 Å². The summed E-state index contributed by atoms with van der Waals surface area (Å²) in [6.45, 7) is 4.99. The maximum Gasteiger partial charge on any atom is 0.240 e. The molecule has 0 bridgehead atoms. The lowest BCUT2D eigenvalue weighted by atomic mass is 10.1. The molecule has 1 saturated heterocycles. The van der Waals surface area contributed by atoms with Gasteiger partial charge in [0.2, 0.25) is 5.89 Å². The predicted octanol–water partition coefficient (Wildman–Crippen LogP) is 0.816. The van der Waals surface area contributed by atoms with Gasteiger partial charge in [0, 0.05) is 19.0 Å². The fourth-order valence-corrected chi connectivity index (χ4v) is 2.05. The van der Waals surface area contributed by atoms with Gasteiger partial charge in [-0.05, 0) is 26.4 Å². The van der Waals surface area contributed by atoms with Crippen LogP contribution in [0.4, 0.5) is 0 Å². The molecule has 2 rings (SSSR count). The molecule has 1 unspecified atom stereocenters. The van der Waals surface area contributed by atoms with Gasteiger partial charge in [0.15, 0.2) is 5.82 Å². The molecule has 0 aromatic carbocycles. The van der Waals surface area contributed by atoms with Crippen LogP contribution in [0.5, 0.6) is 0 Å². The Morgan fingerprint density at radius 2 is 2.44 bits per heavy atom. The third kappa shape index (κ3) is 2.80. The zero-order valence-electron chi connectivity index (χ0n) is 10.1. The Labute approximate surface area is 96.2 Å². The standard InChI is InChI=1S/C11H20N4O/c1-3-10-13-11(16-14-10)8-15(2)9-5-4-6-12-7-9/h9,12H,3-8H2,1-2H3. The highest BCUT2D eigenvalue weighted by atomic mass is 16.5. The molecule has 1 aliphatic rings. The SMILES string of the molecule is CCc1noc(CN(C)C2CCCNC2)n1. The molecule has 0 spiro atoms. The Balaban J connectivity index is 1.87. The fraction of sp³-hybridized carbons (Fsp3) is 0.818. The van der Waals surface area contributed by atoms with Crippen molar-refractivity contribution >= 4 is 0 Å². The number of likely N-dealkylation sites (N-methyl/N-ethyl adjacent to an activating group) is 1. The minimum absolute atomic E-state index is 0.589. The molecule has 1 aromatic heterocycles. The molecule has 2 heterocycles. The first-order valence-corrected chi connectivity index (χ1v) is 6.02. The van der Waals surface area contributed by atoms with Crippen LogP contribution in [0.15, 0.2) is 4.52 Å². The summed E-state index contributed by atoms with van der Waals surface area (Å²) in [5.74, 6) is 1.52. The molecule has 1 aliphatic heterocycles. The third-order valence-electron chi connectivity index (χ3n) is 3.11. The number of aryl methyl sites for hydroxylation is 1. The lowest BCUT2D eigenvalue weighted by molar-refractivity contribution is 0.174. The summed E-state index contributed by atoms with van der Waals surface area (Å²) in [5, 5.41) is 7.31. The summed E-state index contributed by atoms with van der Waals surface area (Å²) < 4.78 is 5.19. The normalized spacial score (nSPS) is 21.6. The van der Waals surface area contributed by atoms with Crippen molar-refractivity contribution < 1.29 is 4.52 Å². The van der Waals surface area contributed by atoms with Crippen LogP contribution in [0.2, 0.25) is 0 Å². The highest BCUT2D eigenvalue weighted by molar-refractivity contribution is 4.87. The van der Waals surface area contributed by atoms with Crippen LogP contribution < -0.4 is 5.32 Å². The number of hydrogen-bond donors (Lipinski definition) is 1. The van der Waals surface area contributed by atoms with Crippen LogP contribution >= 0.6 is 0 Å². The Morgan fingerprint density at radius 3 is 3.06 bits per heavy atom. The van der Waals surface area contributed by atoms with Crippen LogP contribution in [-0.4, -0.2) is 41.2 Å². The summed E-state index contributed by atoms with van der Waals surface area (Å²) in [7, 11) is 2.12. The Morgan fingerprint density at radius 1 is 1.56 bits per heavy atom. The van der Waals surface area contributed by atoms with Crippen LogP contribution in [0.3, 0.4) is 0 Å². The van der Waals surface area contributed by atoms with Crippen molar-refractivity contribution in [3.8, 4) is 0 Å². The maximum absolute atomic E-state index is 5.19. The highest BCUT2D eigenvalue weighted by Gasteiger charge is 2.19. The predicted molar refractivity (Wildman–Crippen MR) is 61.0 cm³/mol. The van der Waals surface area contributed by atoms with Crippen molar-refractivity contribution in [1.82, 2.24) is 20.4 Å². The minimum Gasteiger partial charge on any atom is -0.338 e. The quantitative estimate of drug-likeness (QED) is 0.820. The summed E-state index contributed by atoms with van der Waals surface area (Å²) in [5.41, 5.74) is 0. The number of nitrogens with one attached hydrogen (secondary N) is 1. The molecule has 5 heteroatoms. The monoisotopic (exact) mass is 224 g/mol. The summed E-state index contributed by atoms with van der Waals surface area (Å²) in [4.78, 5) is 6.61. The van der Waals surface area contributed by atoms with Crippen LogP contribution in [-0.2, 0) is 13.0 Å². The first-order valence-electron chi connectivity index (χ1n) is 6.02. The van der Waals surface area contributed by atoms with Gasteiger partial charge in [-0.2, -0.15) is 4.98 Å². The molecule has 1 N–H and O–H groups in total. The maximum atomic E-state index is 5.19. The Kier molecular flexibility index (Phi) is 3.90. The molecule has 0 amide bonds. The lowest BCUT2D eigenvalue weighted by Crippen LogP contribution is -2.43. The highest BCUT2D eigenvalue weighted by Crippen LogP contribution is 2.11. The second-order valence-corrected chi connectivity index (χ2v) is 4.37. The van der Waals surface area contributed by atoms with Crippen molar-refractivity contribution in [3.05, 3.63) is 11.7 Å². The van der Waals surface area contributed by atoms with Crippen molar-refractivity contribution in [2.75, 3.05) is 20.1 Å². The third-order valence-corrected chi connectivity index (χ3v) is 3.11. The van der Waals surface area contributed by atoms with E-state index in [2.05, 4.69) is 27.4 Å². The molecule has 0 saturated carbocycles. The molecule has 0 aliphatic carbocycles. The minimum atomic E-state index is 0.589. The van der Waals surface area contributed by atoms with Gasteiger partial charge in [-0.25, -0.2) is 0 Å². The molecular formula is C11H20N4O. The number of rotatable bonds is 4. The Bertz CT molecular complexity index is 320. The van der Waals surface area contributed by atoms with Gasteiger partial charge >= 0.3 is 0 Å². The summed E-state index contributed by atoms with van der Waals surface area (Å²) >= 11 is 0. The summed E-state index contributed by atoms with van der Waals surface area (Å²) in [6, 6.07) is 0.589. The smallest absolute Gasteiger partial charge is 0.240 e. The van der Waals surface area contributed by atoms with E-state index in [0.29, 0.717) is 6.04 Å². The zero-order valence-corrected chi connectivity index (χ0v) is 10.1. The van der Waals surface area contributed by atoms with E-state index in [0.717, 1.165) is 37.8 Å². The molecule has 5 nitrogen and oxygen atoms in total. The lowest BCUT2D eigenvalue weighted by Gasteiger charge is -2.30. The number of hydrogen-bond acceptors (Lipinski definition) is 5. The fourth-order valence-electron chi connectivity index (χ4n) is 2.05. The molecule has 0 radical (unpaired) electrons. The van der Waals surface area contributed by atoms with Gasteiger partial charge in [0.05, 0.1) is 6.54 Å². The van der Waals surface area contributed by atoms with E-state index in [4.69, 9.17) is 4.52 Å². The van der Waals surface area contributed by atoms with E-state index < -0.39 is 0 Å². The zero-order chi connectivity index (χ0) is 11.4. The number of nitrogens with zero attached hydrogens (tertiary/aromatic N) is 3. The largest absolute Gasteiger partial charge is 0.338 e. The van der Waals surface area contributed by atoms with Gasteiger partial charge in [0.1, 0.15) is 0 Å². The van der Waals surface area contributed by atoms with Gasteiger partial charge < -0.3 is 9.84 Å². The van der Waals surface area contributed by atoms with E-state index >= 15 is 0 Å². The molecular weight excluding hydrogens is 204 g/mol. The van der Waals surface area contributed by atoms with Gasteiger partial charge in [-0.1, -0.05) is 12.1 Å². The van der Waals surface area contributed by atoms with Crippen LogP contribution in [0.25, 0.3) is 0 Å². The number of aromatic nitrogens is 2. The molecule has 1 fully saturated rings. The van der Waals surface area contributed by atoms with E-state index in [1.54, 1.807) is 0 Å². The molecule has 1 atom stereocenters. The number of piperidine rings is 1. The van der Waals surface area contributed by atoms with E-state index in [1.807, 2.05) is 6.92 Å². The van der Waals surface area contributed by atoms with Crippen molar-refractivity contribution in [1.29, 1.82) is 0 Å². The molecule has 1 aromatic rings. The van der Waals surface area contributed by atoms with Crippen LogP contribution in [0, 0.1) is 0 Å². The van der Waals surface area contributed by atoms with Gasteiger partial charge in [-0.3, -0.25) is 4.90 Å². The van der Waals surface area contributed by atoms with Crippen LogP contribution in [0.1, 0.15) is 31.5 Å². The van der Waals surface area contributed by atoms with Crippen molar-refractivity contribution in [2.24, 2.45) is 0 Å². The molecule has 16 heavy (non-hydrogen) atoms. The second kappa shape index (κ2) is 5.41. The molecule has 90 valence electrons. The second-order valence-electron chi connectivity index (χ2n) is 4.37. The van der Waals surface area contributed by atoms with Crippen molar-refractivity contribution in [3.63, 3.8) is 0 Å². The summed E-state index contributed by atoms with van der Waals surface area (Å²) in [6.07, 6.45) is 3.33. The first kappa shape index (κ1) is 11.5. The first-order chi connectivity index (χ1) is 7.79. The van der Waals surface area contributed by atoms with E-state index in [-0.39, 0.29) is 0 Å².